The lowest BCUT2D eigenvalue weighted by molar-refractivity contribution is -0.142. The molecule has 5 rings (SSSR count). The Kier molecular flexibility index (Phi) is 7.32. The summed E-state index contributed by atoms with van der Waals surface area (Å²) in [5.41, 5.74) is 1.15. The zero-order valence-corrected chi connectivity index (χ0v) is 22.4. The van der Waals surface area contributed by atoms with Crippen LogP contribution < -0.4 is 0 Å². The Bertz CT molecular complexity index is 1410. The number of nitrogens with zero attached hydrogens (tertiary/aromatic N) is 5. The number of carbonyl (C=O) groups excluding carboxylic acids is 3. The van der Waals surface area contributed by atoms with E-state index in [4.69, 9.17) is 0 Å². The first-order valence-corrected chi connectivity index (χ1v) is 13.6. The number of aromatic nitrogens is 3. The number of thiazole rings is 1. The number of fused-ring (bicyclic) bond motifs is 1. The second-order valence-electron chi connectivity index (χ2n) is 10.0. The van der Waals surface area contributed by atoms with Gasteiger partial charge in [-0.3, -0.25) is 19.1 Å². The molecular weight excluding hydrogens is 531 g/mol. The molecule has 1 saturated heterocycles. The van der Waals surface area contributed by atoms with Crippen LogP contribution in [0.1, 0.15) is 80.4 Å². The standard InChI is InChI=1S/C27H28F3N5O3S/c1-16-13-23(27(28,29)30)32-35(16)14-24(37)34-11-9-17(10-12-34)25-31-20(15-39-25)26(38)33(2)21-7-8-22(36)19-6-4-3-5-18(19)21/h3-6,13,15,17,21H,7-12,14H2,1-2H3. The molecule has 2 amide bonds. The molecule has 1 aliphatic carbocycles. The van der Waals surface area contributed by atoms with Crippen molar-refractivity contribution in [2.24, 2.45) is 0 Å². The van der Waals surface area contributed by atoms with Crippen LogP contribution in [0, 0.1) is 6.92 Å². The largest absolute Gasteiger partial charge is 0.435 e. The fourth-order valence-electron chi connectivity index (χ4n) is 5.31. The molecule has 0 radical (unpaired) electrons. The van der Waals surface area contributed by atoms with E-state index in [0.29, 0.717) is 50.0 Å². The molecule has 39 heavy (non-hydrogen) atoms. The van der Waals surface area contributed by atoms with E-state index in [0.717, 1.165) is 21.3 Å². The van der Waals surface area contributed by atoms with E-state index in [9.17, 15) is 27.6 Å². The number of benzene rings is 1. The number of hydrogen-bond acceptors (Lipinski definition) is 6. The van der Waals surface area contributed by atoms with Crippen molar-refractivity contribution in [3.05, 3.63) is 68.9 Å². The molecule has 2 aliphatic rings. The van der Waals surface area contributed by atoms with Gasteiger partial charge in [0.15, 0.2) is 11.5 Å². The van der Waals surface area contributed by atoms with Crippen molar-refractivity contribution < 1.29 is 27.6 Å². The number of ketones is 1. The number of rotatable bonds is 5. The molecule has 12 heteroatoms. The summed E-state index contributed by atoms with van der Waals surface area (Å²) in [6, 6.07) is 8.13. The predicted molar refractivity (Wildman–Crippen MR) is 137 cm³/mol. The lowest BCUT2D eigenvalue weighted by Gasteiger charge is -2.32. The molecule has 0 saturated carbocycles. The van der Waals surface area contributed by atoms with E-state index < -0.39 is 11.9 Å². The molecule has 0 N–H and O–H groups in total. The zero-order chi connectivity index (χ0) is 27.9. The smallest absolute Gasteiger partial charge is 0.341 e. The minimum Gasteiger partial charge on any atom is -0.341 e. The Morgan fingerprint density at radius 2 is 1.87 bits per heavy atom. The number of alkyl halides is 3. The molecule has 2 aromatic heterocycles. The van der Waals surface area contributed by atoms with Crippen LogP contribution in [0.2, 0.25) is 0 Å². The summed E-state index contributed by atoms with van der Waals surface area (Å²) >= 11 is 1.42. The van der Waals surface area contributed by atoms with Crippen molar-refractivity contribution in [2.45, 2.75) is 57.3 Å². The lowest BCUT2D eigenvalue weighted by atomic mass is 9.86. The molecule has 0 bridgehead atoms. The first-order valence-electron chi connectivity index (χ1n) is 12.8. The van der Waals surface area contributed by atoms with Crippen molar-refractivity contribution in [2.75, 3.05) is 20.1 Å². The number of hydrogen-bond donors (Lipinski definition) is 0. The molecule has 8 nitrogen and oxygen atoms in total. The van der Waals surface area contributed by atoms with Gasteiger partial charge in [0.1, 0.15) is 12.2 Å². The highest BCUT2D eigenvalue weighted by Gasteiger charge is 2.35. The summed E-state index contributed by atoms with van der Waals surface area (Å²) in [6.45, 7) is 2.15. The van der Waals surface area contributed by atoms with E-state index >= 15 is 0 Å². The maximum absolute atomic E-state index is 13.3. The molecule has 0 spiro atoms. The fraction of sp³-hybridized carbons (Fsp3) is 0.444. The molecule has 1 aliphatic heterocycles. The van der Waals surface area contributed by atoms with Crippen LogP contribution in [0.3, 0.4) is 0 Å². The van der Waals surface area contributed by atoms with Gasteiger partial charge in [-0.25, -0.2) is 4.98 Å². The van der Waals surface area contributed by atoms with Gasteiger partial charge in [0, 0.05) is 49.1 Å². The molecule has 1 atom stereocenters. The van der Waals surface area contributed by atoms with E-state index in [1.807, 2.05) is 18.2 Å². The van der Waals surface area contributed by atoms with Crippen LogP contribution in [0.15, 0.2) is 35.7 Å². The van der Waals surface area contributed by atoms with Crippen molar-refractivity contribution in [3.63, 3.8) is 0 Å². The van der Waals surface area contributed by atoms with Gasteiger partial charge < -0.3 is 9.80 Å². The molecule has 206 valence electrons. The Balaban J connectivity index is 1.19. The number of aryl methyl sites for hydroxylation is 1. The lowest BCUT2D eigenvalue weighted by Crippen LogP contribution is -2.40. The van der Waals surface area contributed by atoms with Crippen LogP contribution in [0.5, 0.6) is 0 Å². The highest BCUT2D eigenvalue weighted by molar-refractivity contribution is 7.09. The molecular formula is C27H28F3N5O3S. The third kappa shape index (κ3) is 5.47. The van der Waals surface area contributed by atoms with E-state index in [2.05, 4.69) is 10.1 Å². The second kappa shape index (κ2) is 10.6. The van der Waals surface area contributed by atoms with E-state index in [1.54, 1.807) is 28.3 Å². The van der Waals surface area contributed by atoms with Gasteiger partial charge in [-0.2, -0.15) is 18.3 Å². The quantitative estimate of drug-likeness (QED) is 0.446. The van der Waals surface area contributed by atoms with Crippen LogP contribution >= 0.6 is 11.3 Å². The van der Waals surface area contributed by atoms with Crippen LogP contribution in [0.4, 0.5) is 13.2 Å². The van der Waals surface area contributed by atoms with Crippen LogP contribution in [-0.4, -0.2) is 62.3 Å². The summed E-state index contributed by atoms with van der Waals surface area (Å²) in [5, 5.41) is 6.13. The highest BCUT2D eigenvalue weighted by atomic mass is 32.1. The molecule has 3 aromatic rings. The minimum absolute atomic E-state index is 0.0854. The minimum atomic E-state index is -4.56. The number of piperidine rings is 1. The molecule has 3 heterocycles. The Morgan fingerprint density at radius 3 is 2.56 bits per heavy atom. The fourth-order valence-corrected chi connectivity index (χ4v) is 6.28. The first-order chi connectivity index (χ1) is 18.5. The maximum atomic E-state index is 13.3. The maximum Gasteiger partial charge on any atom is 0.435 e. The summed E-state index contributed by atoms with van der Waals surface area (Å²) in [7, 11) is 1.74. The SMILES string of the molecule is Cc1cc(C(F)(F)F)nn1CC(=O)N1CCC(c2nc(C(=O)N(C)C3CCC(=O)c4ccccc43)cs2)CC1. The monoisotopic (exact) mass is 559 g/mol. The second-order valence-corrected chi connectivity index (χ2v) is 10.9. The average Bonchev–Trinajstić information content (AvgIpc) is 3.56. The number of carbonyl (C=O) groups is 3. The summed E-state index contributed by atoms with van der Waals surface area (Å²) in [5.74, 6) is -0.306. The molecule has 1 unspecified atom stereocenters. The first kappa shape index (κ1) is 27.0. The highest BCUT2D eigenvalue weighted by Crippen LogP contribution is 2.35. The van der Waals surface area contributed by atoms with Gasteiger partial charge in [0.2, 0.25) is 5.91 Å². The number of likely N-dealkylation sites (tertiary alicyclic amines) is 1. The van der Waals surface area contributed by atoms with Gasteiger partial charge in [-0.1, -0.05) is 24.3 Å². The third-order valence-electron chi connectivity index (χ3n) is 7.55. The van der Waals surface area contributed by atoms with E-state index in [-0.39, 0.29) is 41.8 Å². The predicted octanol–water partition coefficient (Wildman–Crippen LogP) is 4.86. The third-order valence-corrected chi connectivity index (χ3v) is 8.55. The summed E-state index contributed by atoms with van der Waals surface area (Å²) < 4.78 is 39.9. The number of amides is 2. The van der Waals surface area contributed by atoms with Crippen molar-refractivity contribution >= 4 is 28.9 Å². The summed E-state index contributed by atoms with van der Waals surface area (Å²) in [4.78, 5) is 46.3. The Hall–Kier alpha value is -3.54. The zero-order valence-electron chi connectivity index (χ0n) is 21.6. The van der Waals surface area contributed by atoms with Gasteiger partial charge in [-0.15, -0.1) is 11.3 Å². The van der Waals surface area contributed by atoms with Crippen molar-refractivity contribution in [1.29, 1.82) is 0 Å². The molecule has 1 fully saturated rings. The van der Waals surface area contributed by atoms with Gasteiger partial charge in [-0.05, 0) is 37.8 Å². The Morgan fingerprint density at radius 1 is 1.15 bits per heavy atom. The van der Waals surface area contributed by atoms with Crippen LogP contribution in [0.25, 0.3) is 0 Å². The molecule has 1 aromatic carbocycles. The summed E-state index contributed by atoms with van der Waals surface area (Å²) in [6.07, 6.45) is -2.31. The number of halogens is 3. The van der Waals surface area contributed by atoms with Crippen LogP contribution in [-0.2, 0) is 17.5 Å². The Labute approximate surface area is 227 Å². The van der Waals surface area contributed by atoms with Crippen molar-refractivity contribution in [1.82, 2.24) is 24.6 Å². The van der Waals surface area contributed by atoms with Gasteiger partial charge >= 0.3 is 6.18 Å². The average molecular weight is 560 g/mol. The normalized spacial score (nSPS) is 18.2. The van der Waals surface area contributed by atoms with Gasteiger partial charge in [0.05, 0.1) is 11.0 Å². The number of Topliss-reactive ketones (excluding diaryl/α,β-unsaturated/α-hetero) is 1. The van der Waals surface area contributed by atoms with Gasteiger partial charge in [0.25, 0.3) is 5.91 Å². The topological polar surface area (TPSA) is 88.4 Å². The van der Waals surface area contributed by atoms with E-state index in [1.165, 1.54) is 18.3 Å². The van der Waals surface area contributed by atoms with Crippen molar-refractivity contribution in [3.8, 4) is 0 Å².